The van der Waals surface area contributed by atoms with Crippen molar-refractivity contribution < 1.29 is 19.5 Å². The zero-order valence-electron chi connectivity index (χ0n) is 18.5. The normalized spacial score (nSPS) is 24.8. The Balaban J connectivity index is 1.83. The van der Waals surface area contributed by atoms with Gasteiger partial charge in [-0.2, -0.15) is 0 Å². The lowest BCUT2D eigenvalue weighted by atomic mass is 9.92. The molecule has 1 aromatic rings. The van der Waals surface area contributed by atoms with Crippen LogP contribution in [0.3, 0.4) is 0 Å². The van der Waals surface area contributed by atoms with Crippen LogP contribution >= 0.6 is 21.6 Å². The first-order valence-corrected chi connectivity index (χ1v) is 13.4. The number of hydrogen-bond acceptors (Lipinski definition) is 7. The highest BCUT2D eigenvalue weighted by Crippen LogP contribution is 2.28. The van der Waals surface area contributed by atoms with E-state index in [1.54, 1.807) is 26.5 Å². The molecule has 1 fully saturated rings. The Hall–Kier alpha value is -1.75. The van der Waals surface area contributed by atoms with Gasteiger partial charge in [0.15, 0.2) is 0 Å². The number of hydrogen-bond donors (Lipinski definition) is 4. The summed E-state index contributed by atoms with van der Waals surface area (Å²) in [5.41, 5.74) is 8.08. The fourth-order valence-electron chi connectivity index (χ4n) is 3.97. The van der Waals surface area contributed by atoms with Gasteiger partial charge in [-0.1, -0.05) is 59.7 Å². The third kappa shape index (κ3) is 6.40. The average molecular weight is 481 g/mol. The summed E-state index contributed by atoms with van der Waals surface area (Å²) in [5.74, 6) is -0.145. The monoisotopic (exact) mass is 480 g/mol. The van der Waals surface area contributed by atoms with Crippen molar-refractivity contribution in [1.29, 1.82) is 0 Å². The molecule has 2 amide bonds. The minimum atomic E-state index is -1.06. The molecule has 4 atom stereocenters. The van der Waals surface area contributed by atoms with Crippen LogP contribution in [-0.2, 0) is 27.3 Å². The third-order valence-corrected chi connectivity index (χ3v) is 8.20. The van der Waals surface area contributed by atoms with Gasteiger partial charge in [0.1, 0.15) is 12.1 Å². The number of fused-ring (bicyclic) bond motifs is 1. The van der Waals surface area contributed by atoms with Gasteiger partial charge < -0.3 is 26.4 Å². The number of carboxylic acids is 1. The number of carbonyl (C=O) groups is 3. The lowest BCUT2D eigenvalue weighted by Crippen LogP contribution is -2.60. The van der Waals surface area contributed by atoms with Crippen LogP contribution < -0.4 is 16.4 Å². The molecule has 10 heteroatoms. The van der Waals surface area contributed by atoms with E-state index in [4.69, 9.17) is 5.73 Å². The van der Waals surface area contributed by atoms with E-state index in [0.717, 1.165) is 16.9 Å². The number of carboxylic acid groups (broad SMARTS) is 1. The molecule has 2 aliphatic rings. The number of nitrogens with zero attached hydrogens (tertiary/aromatic N) is 1. The summed E-state index contributed by atoms with van der Waals surface area (Å²) in [5, 5.41) is 15.5. The SMILES string of the molecule is CC(C)C[C@H](NC(=O)[C@@H]1Cc2ccccc2CN1C(=O)[C@@H]1CSSC[C@H](N)CN1)C(=O)O. The number of rotatable bonds is 6. The van der Waals surface area contributed by atoms with Crippen molar-refractivity contribution in [3.63, 3.8) is 0 Å². The number of aliphatic carboxylic acids is 1. The molecule has 176 valence electrons. The zero-order valence-corrected chi connectivity index (χ0v) is 20.1. The second-order valence-electron chi connectivity index (χ2n) is 8.77. The van der Waals surface area contributed by atoms with Crippen LogP contribution in [0.25, 0.3) is 0 Å². The maximum absolute atomic E-state index is 13.6. The zero-order chi connectivity index (χ0) is 23.3. The van der Waals surface area contributed by atoms with E-state index in [1.165, 1.54) is 0 Å². The van der Waals surface area contributed by atoms with Crippen LogP contribution in [0.15, 0.2) is 24.3 Å². The summed E-state index contributed by atoms with van der Waals surface area (Å²) in [4.78, 5) is 40.1. The fraction of sp³-hybridized carbons (Fsp3) is 0.591. The lowest BCUT2D eigenvalue weighted by molar-refractivity contribution is -0.146. The van der Waals surface area contributed by atoms with Crippen molar-refractivity contribution in [3.8, 4) is 0 Å². The largest absolute Gasteiger partial charge is 0.480 e. The Bertz CT molecular complexity index is 838. The van der Waals surface area contributed by atoms with E-state index in [2.05, 4.69) is 10.6 Å². The Morgan fingerprint density at radius 2 is 1.91 bits per heavy atom. The summed E-state index contributed by atoms with van der Waals surface area (Å²) in [6.45, 7) is 4.67. The van der Waals surface area contributed by atoms with Gasteiger partial charge in [0.2, 0.25) is 11.8 Å². The van der Waals surface area contributed by atoms with Crippen molar-refractivity contribution in [2.45, 2.75) is 57.4 Å². The van der Waals surface area contributed by atoms with Gasteiger partial charge in [0.05, 0.1) is 6.04 Å². The van der Waals surface area contributed by atoms with Gasteiger partial charge in [0, 0.05) is 37.1 Å². The summed E-state index contributed by atoms with van der Waals surface area (Å²) in [6.07, 6.45) is 0.685. The Morgan fingerprint density at radius 1 is 1.22 bits per heavy atom. The van der Waals surface area contributed by atoms with Gasteiger partial charge in [0.25, 0.3) is 0 Å². The molecule has 5 N–H and O–H groups in total. The average Bonchev–Trinajstić information content (AvgIpc) is 2.74. The summed E-state index contributed by atoms with van der Waals surface area (Å²) in [7, 11) is 3.25. The Morgan fingerprint density at radius 3 is 2.59 bits per heavy atom. The number of amides is 2. The van der Waals surface area contributed by atoms with Gasteiger partial charge in [-0.25, -0.2) is 4.79 Å². The van der Waals surface area contributed by atoms with Gasteiger partial charge in [-0.15, -0.1) is 0 Å². The smallest absolute Gasteiger partial charge is 0.326 e. The summed E-state index contributed by atoms with van der Waals surface area (Å²) in [6, 6.07) is 5.52. The van der Waals surface area contributed by atoms with Crippen LogP contribution in [0.2, 0.25) is 0 Å². The molecular formula is C22H32N4O4S2. The van der Waals surface area contributed by atoms with E-state index in [-0.39, 0.29) is 17.9 Å². The first-order chi connectivity index (χ1) is 15.3. The van der Waals surface area contributed by atoms with Crippen molar-refractivity contribution >= 4 is 39.4 Å². The van der Waals surface area contributed by atoms with Crippen molar-refractivity contribution in [2.24, 2.45) is 11.7 Å². The first kappa shape index (κ1) is 24.9. The van der Waals surface area contributed by atoms with Crippen LogP contribution in [0.4, 0.5) is 0 Å². The molecule has 2 aliphatic heterocycles. The fourth-order valence-corrected chi connectivity index (χ4v) is 6.36. The van der Waals surface area contributed by atoms with Crippen molar-refractivity contribution in [1.82, 2.24) is 15.5 Å². The maximum atomic E-state index is 13.6. The van der Waals surface area contributed by atoms with Gasteiger partial charge in [-0.3, -0.25) is 9.59 Å². The predicted molar refractivity (Wildman–Crippen MR) is 128 cm³/mol. The summed E-state index contributed by atoms with van der Waals surface area (Å²) < 4.78 is 0. The molecule has 0 unspecified atom stereocenters. The molecule has 0 aromatic heterocycles. The van der Waals surface area contributed by atoms with Crippen LogP contribution in [0, 0.1) is 5.92 Å². The van der Waals surface area contributed by atoms with E-state index in [0.29, 0.717) is 31.7 Å². The number of nitrogens with one attached hydrogen (secondary N) is 2. The predicted octanol–water partition coefficient (Wildman–Crippen LogP) is 1.24. The molecule has 2 heterocycles. The molecule has 32 heavy (non-hydrogen) atoms. The van der Waals surface area contributed by atoms with E-state index in [1.807, 2.05) is 38.1 Å². The summed E-state index contributed by atoms with van der Waals surface area (Å²) >= 11 is 0. The molecule has 8 nitrogen and oxygen atoms in total. The van der Waals surface area contributed by atoms with E-state index in [9.17, 15) is 19.5 Å². The molecule has 1 saturated heterocycles. The van der Waals surface area contributed by atoms with E-state index >= 15 is 0 Å². The minimum absolute atomic E-state index is 0.0448. The number of carbonyl (C=O) groups excluding carboxylic acids is 2. The molecular weight excluding hydrogens is 448 g/mol. The Kier molecular flexibility index (Phi) is 8.87. The van der Waals surface area contributed by atoms with Crippen molar-refractivity contribution in [2.75, 3.05) is 18.1 Å². The van der Waals surface area contributed by atoms with Gasteiger partial charge >= 0.3 is 5.97 Å². The first-order valence-electron chi connectivity index (χ1n) is 10.9. The standard InChI is InChI=1S/C22H32N4O4S2/c1-13(2)7-17(22(29)30)25-20(27)19-8-14-5-3-4-6-15(14)10-26(19)21(28)18-12-32-31-11-16(23)9-24-18/h3-6,13,16-19,24H,7-12,23H2,1-2H3,(H,25,27)(H,29,30)/t16-,17+,18+,19+/m1/s1. The van der Waals surface area contributed by atoms with Crippen LogP contribution in [-0.4, -0.2) is 70.0 Å². The topological polar surface area (TPSA) is 125 Å². The molecule has 0 radical (unpaired) electrons. The molecule has 0 saturated carbocycles. The molecule has 3 rings (SSSR count). The number of nitrogens with two attached hydrogens (primary N) is 1. The van der Waals surface area contributed by atoms with Crippen LogP contribution in [0.5, 0.6) is 0 Å². The second kappa shape index (κ2) is 11.4. The highest BCUT2D eigenvalue weighted by Gasteiger charge is 2.39. The van der Waals surface area contributed by atoms with Gasteiger partial charge in [-0.05, 0) is 23.5 Å². The molecule has 0 aliphatic carbocycles. The molecule has 0 bridgehead atoms. The lowest BCUT2D eigenvalue weighted by Gasteiger charge is -2.39. The van der Waals surface area contributed by atoms with Crippen molar-refractivity contribution in [3.05, 3.63) is 35.4 Å². The number of benzene rings is 1. The molecule has 1 aromatic carbocycles. The third-order valence-electron chi connectivity index (χ3n) is 5.68. The minimum Gasteiger partial charge on any atom is -0.480 e. The quantitative estimate of drug-likeness (QED) is 0.448. The maximum Gasteiger partial charge on any atom is 0.326 e. The van der Waals surface area contributed by atoms with E-state index < -0.39 is 30.0 Å². The second-order valence-corrected chi connectivity index (χ2v) is 11.3. The van der Waals surface area contributed by atoms with Crippen LogP contribution in [0.1, 0.15) is 31.4 Å². The molecule has 0 spiro atoms. The Labute approximate surface area is 196 Å². The highest BCUT2D eigenvalue weighted by molar-refractivity contribution is 8.76. The highest BCUT2D eigenvalue weighted by atomic mass is 33.1.